The lowest BCUT2D eigenvalue weighted by Crippen LogP contribution is -2.07. The van der Waals surface area contributed by atoms with E-state index in [-0.39, 0.29) is 12.6 Å². The van der Waals surface area contributed by atoms with Crippen molar-refractivity contribution < 1.29 is 28.5 Å². The minimum Gasteiger partial charge on any atom is -0.496 e. The summed E-state index contributed by atoms with van der Waals surface area (Å²) < 4.78 is 26.6. The third-order valence-electron chi connectivity index (χ3n) is 4.07. The largest absolute Gasteiger partial charge is 0.496 e. The Morgan fingerprint density at radius 3 is 2.28 bits per heavy atom. The second-order valence-corrected chi connectivity index (χ2v) is 5.52. The smallest absolute Gasteiger partial charge is 0.231 e. The summed E-state index contributed by atoms with van der Waals surface area (Å²) in [5.41, 5.74) is 1.43. The number of ketones is 1. The van der Waals surface area contributed by atoms with Gasteiger partial charge in [0.25, 0.3) is 0 Å². The molecule has 25 heavy (non-hydrogen) atoms. The highest BCUT2D eigenvalue weighted by Gasteiger charge is 2.21. The number of rotatable bonds is 7. The summed E-state index contributed by atoms with van der Waals surface area (Å²) in [6.07, 6.45) is 0.895. The zero-order valence-corrected chi connectivity index (χ0v) is 14.5. The molecule has 1 aliphatic heterocycles. The average Bonchev–Trinajstić information content (AvgIpc) is 3.12. The van der Waals surface area contributed by atoms with Crippen LogP contribution in [0.1, 0.15) is 22.3 Å². The quantitative estimate of drug-likeness (QED) is 0.719. The summed E-state index contributed by atoms with van der Waals surface area (Å²) in [5, 5.41) is 0. The van der Waals surface area contributed by atoms with Gasteiger partial charge in [-0.3, -0.25) is 4.79 Å². The van der Waals surface area contributed by atoms with E-state index in [4.69, 9.17) is 23.7 Å². The number of fused-ring (bicyclic) bond motifs is 1. The monoisotopic (exact) mass is 344 g/mol. The van der Waals surface area contributed by atoms with Crippen molar-refractivity contribution in [3.8, 4) is 28.7 Å². The fourth-order valence-electron chi connectivity index (χ4n) is 2.76. The fraction of sp³-hybridized carbons (Fsp3) is 0.316. The minimum atomic E-state index is -0.0611. The topological polar surface area (TPSA) is 63.2 Å². The lowest BCUT2D eigenvalue weighted by Gasteiger charge is -2.14. The molecule has 0 saturated carbocycles. The van der Waals surface area contributed by atoms with E-state index in [1.807, 2.05) is 18.2 Å². The maximum Gasteiger partial charge on any atom is 0.231 e. The lowest BCUT2D eigenvalue weighted by atomic mass is 10.0. The van der Waals surface area contributed by atoms with Crippen LogP contribution in [0, 0.1) is 0 Å². The van der Waals surface area contributed by atoms with Crippen molar-refractivity contribution in [1.82, 2.24) is 0 Å². The molecular formula is C19H20O6. The highest BCUT2D eigenvalue weighted by molar-refractivity contribution is 6.01. The van der Waals surface area contributed by atoms with Gasteiger partial charge < -0.3 is 23.7 Å². The van der Waals surface area contributed by atoms with Crippen molar-refractivity contribution >= 4 is 5.78 Å². The van der Waals surface area contributed by atoms with Crippen LogP contribution in [0.25, 0.3) is 0 Å². The second kappa shape index (κ2) is 7.34. The van der Waals surface area contributed by atoms with Gasteiger partial charge in [-0.2, -0.15) is 0 Å². The number of carbonyl (C=O) groups excluding carboxylic acids is 1. The molecule has 0 spiro atoms. The van der Waals surface area contributed by atoms with Crippen LogP contribution in [0.5, 0.6) is 28.7 Å². The summed E-state index contributed by atoms with van der Waals surface area (Å²) in [5.74, 6) is 2.83. The van der Waals surface area contributed by atoms with Gasteiger partial charge in [-0.1, -0.05) is 6.07 Å². The number of ether oxygens (including phenoxy) is 5. The van der Waals surface area contributed by atoms with Gasteiger partial charge >= 0.3 is 0 Å². The van der Waals surface area contributed by atoms with Crippen LogP contribution in [0.2, 0.25) is 0 Å². The number of benzene rings is 2. The summed E-state index contributed by atoms with van der Waals surface area (Å²) >= 11 is 0. The number of hydrogen-bond donors (Lipinski definition) is 0. The van der Waals surface area contributed by atoms with Gasteiger partial charge in [0.15, 0.2) is 17.3 Å². The normalized spacial score (nSPS) is 12.0. The molecule has 0 N–H and O–H groups in total. The van der Waals surface area contributed by atoms with Crippen LogP contribution in [-0.4, -0.2) is 33.9 Å². The summed E-state index contributed by atoms with van der Waals surface area (Å²) in [6, 6.07) is 9.05. The first-order valence-corrected chi connectivity index (χ1v) is 7.88. The summed E-state index contributed by atoms with van der Waals surface area (Å²) in [4.78, 5) is 12.8. The molecule has 1 aliphatic rings. The van der Waals surface area contributed by atoms with Gasteiger partial charge in [0.05, 0.1) is 21.3 Å². The van der Waals surface area contributed by atoms with Crippen LogP contribution in [0.4, 0.5) is 0 Å². The Morgan fingerprint density at radius 1 is 0.960 bits per heavy atom. The van der Waals surface area contributed by atoms with E-state index in [1.165, 1.54) is 14.2 Å². The molecule has 2 aromatic carbocycles. The number of Topliss-reactive ketones (excluding diaryl/α,β-unsaturated/α-hetero) is 1. The van der Waals surface area contributed by atoms with Gasteiger partial charge in [0, 0.05) is 18.6 Å². The first-order valence-electron chi connectivity index (χ1n) is 7.88. The molecule has 0 saturated heterocycles. The third-order valence-corrected chi connectivity index (χ3v) is 4.07. The van der Waals surface area contributed by atoms with E-state index >= 15 is 0 Å². The molecule has 0 amide bonds. The van der Waals surface area contributed by atoms with E-state index in [0.717, 1.165) is 11.3 Å². The first kappa shape index (κ1) is 17.0. The number of carbonyl (C=O) groups is 1. The summed E-state index contributed by atoms with van der Waals surface area (Å²) in [7, 11) is 4.58. The zero-order valence-electron chi connectivity index (χ0n) is 14.5. The maximum absolute atomic E-state index is 12.8. The van der Waals surface area contributed by atoms with Crippen molar-refractivity contribution in [2.45, 2.75) is 12.8 Å². The van der Waals surface area contributed by atoms with Crippen LogP contribution in [0.15, 0.2) is 30.3 Å². The molecule has 0 atom stereocenters. The molecule has 6 nitrogen and oxygen atoms in total. The molecule has 1 heterocycles. The fourth-order valence-corrected chi connectivity index (χ4v) is 2.76. The molecule has 0 radical (unpaired) electrons. The van der Waals surface area contributed by atoms with E-state index in [0.29, 0.717) is 41.4 Å². The number of hydrogen-bond acceptors (Lipinski definition) is 6. The zero-order chi connectivity index (χ0) is 17.8. The predicted molar refractivity (Wildman–Crippen MR) is 91.3 cm³/mol. The van der Waals surface area contributed by atoms with Crippen molar-refractivity contribution in [1.29, 1.82) is 0 Å². The third kappa shape index (κ3) is 3.47. The Balaban J connectivity index is 1.79. The molecule has 2 aromatic rings. The Hall–Kier alpha value is -2.89. The molecule has 132 valence electrons. The highest BCUT2D eigenvalue weighted by Crippen LogP contribution is 2.36. The van der Waals surface area contributed by atoms with Crippen molar-refractivity contribution in [3.05, 3.63) is 41.5 Å². The van der Waals surface area contributed by atoms with E-state index < -0.39 is 0 Å². The standard InChI is InChI=1S/C19H20O6/c1-21-13-9-17(22-2)19(18(10-13)23-3)14(20)6-4-12-5-7-15-16(8-12)25-11-24-15/h5,7-10H,4,6,11H2,1-3H3. The molecule has 0 fully saturated rings. The number of aryl methyl sites for hydroxylation is 1. The Kier molecular flexibility index (Phi) is 4.97. The lowest BCUT2D eigenvalue weighted by molar-refractivity contribution is 0.0976. The van der Waals surface area contributed by atoms with Crippen molar-refractivity contribution in [3.63, 3.8) is 0 Å². The van der Waals surface area contributed by atoms with Crippen LogP contribution >= 0.6 is 0 Å². The predicted octanol–water partition coefficient (Wildman–Crippen LogP) is 3.26. The Bertz CT molecular complexity index is 758. The Labute approximate surface area is 146 Å². The molecule has 0 aromatic heterocycles. The molecular weight excluding hydrogens is 324 g/mol. The van der Waals surface area contributed by atoms with Crippen molar-refractivity contribution in [2.24, 2.45) is 0 Å². The SMILES string of the molecule is COc1cc(OC)c(C(=O)CCc2ccc3c(c2)OCO3)c(OC)c1. The number of methoxy groups -OCH3 is 3. The van der Waals surface area contributed by atoms with E-state index in [1.54, 1.807) is 19.2 Å². The molecule has 0 unspecified atom stereocenters. The van der Waals surface area contributed by atoms with Gasteiger partial charge in [0.1, 0.15) is 22.8 Å². The van der Waals surface area contributed by atoms with Gasteiger partial charge in [-0.05, 0) is 24.1 Å². The van der Waals surface area contributed by atoms with Crippen LogP contribution in [-0.2, 0) is 6.42 Å². The van der Waals surface area contributed by atoms with E-state index in [2.05, 4.69) is 0 Å². The average molecular weight is 344 g/mol. The van der Waals surface area contributed by atoms with Crippen LogP contribution in [0.3, 0.4) is 0 Å². The highest BCUT2D eigenvalue weighted by atomic mass is 16.7. The molecule has 3 rings (SSSR count). The molecule has 0 bridgehead atoms. The van der Waals surface area contributed by atoms with Crippen LogP contribution < -0.4 is 23.7 Å². The van der Waals surface area contributed by atoms with Gasteiger partial charge in [0.2, 0.25) is 6.79 Å². The Morgan fingerprint density at radius 2 is 1.64 bits per heavy atom. The first-order chi connectivity index (χ1) is 12.2. The van der Waals surface area contributed by atoms with Crippen molar-refractivity contribution in [2.75, 3.05) is 28.1 Å². The van der Waals surface area contributed by atoms with Gasteiger partial charge in [-0.15, -0.1) is 0 Å². The summed E-state index contributed by atoms with van der Waals surface area (Å²) in [6.45, 7) is 0.234. The maximum atomic E-state index is 12.8. The van der Waals surface area contributed by atoms with Gasteiger partial charge in [-0.25, -0.2) is 0 Å². The van der Waals surface area contributed by atoms with E-state index in [9.17, 15) is 4.79 Å². The second-order valence-electron chi connectivity index (χ2n) is 5.52. The molecule has 6 heteroatoms. The minimum absolute atomic E-state index is 0.0611. The molecule has 0 aliphatic carbocycles.